The average molecular weight is 197 g/mol. The molecule has 0 radical (unpaired) electrons. The van der Waals surface area contributed by atoms with Crippen LogP contribution in [0.2, 0.25) is 0 Å². The van der Waals surface area contributed by atoms with E-state index in [-0.39, 0.29) is 6.10 Å². The highest BCUT2D eigenvalue weighted by molar-refractivity contribution is 7.07. The van der Waals surface area contributed by atoms with Crippen LogP contribution < -0.4 is 0 Å². The lowest BCUT2D eigenvalue weighted by molar-refractivity contribution is 0.177. The van der Waals surface area contributed by atoms with Crippen LogP contribution in [-0.4, -0.2) is 35.7 Å². The van der Waals surface area contributed by atoms with Crippen LogP contribution in [0.1, 0.15) is 12.0 Å². The van der Waals surface area contributed by atoms with Crippen LogP contribution in [0.4, 0.5) is 0 Å². The maximum absolute atomic E-state index is 9.32. The van der Waals surface area contributed by atoms with E-state index in [2.05, 4.69) is 21.7 Å². The van der Waals surface area contributed by atoms with Crippen molar-refractivity contribution in [2.24, 2.45) is 0 Å². The van der Waals surface area contributed by atoms with Crippen molar-refractivity contribution in [2.75, 3.05) is 19.6 Å². The third-order valence-electron chi connectivity index (χ3n) is 2.54. The standard InChI is InChI=1S/C10H15NOS/c12-10-2-5-11(7-10)4-1-9-3-6-13-8-9/h3,6,8,10,12H,1-2,4-5,7H2/t10-/m0/s1. The Morgan fingerprint density at radius 1 is 1.62 bits per heavy atom. The lowest BCUT2D eigenvalue weighted by Crippen LogP contribution is -2.24. The number of hydrogen-bond donors (Lipinski definition) is 1. The number of aliphatic hydroxyl groups excluding tert-OH is 1. The van der Waals surface area contributed by atoms with Crippen molar-refractivity contribution >= 4 is 11.3 Å². The van der Waals surface area contributed by atoms with Gasteiger partial charge in [0.2, 0.25) is 0 Å². The molecule has 0 spiro atoms. The fourth-order valence-electron chi connectivity index (χ4n) is 1.74. The minimum absolute atomic E-state index is 0.0810. The van der Waals surface area contributed by atoms with Crippen LogP contribution >= 0.6 is 11.3 Å². The molecule has 1 aliphatic rings. The SMILES string of the molecule is O[C@H]1CCN(CCc2ccsc2)C1. The minimum atomic E-state index is -0.0810. The van der Waals surface area contributed by atoms with E-state index in [1.54, 1.807) is 11.3 Å². The van der Waals surface area contributed by atoms with Crippen LogP contribution in [0, 0.1) is 0 Å². The van der Waals surface area contributed by atoms with Crippen LogP contribution in [0.5, 0.6) is 0 Å². The third kappa shape index (κ3) is 2.53. The number of aliphatic hydroxyl groups is 1. The molecular formula is C10H15NOS. The lowest BCUT2D eigenvalue weighted by Gasteiger charge is -2.13. The van der Waals surface area contributed by atoms with Gasteiger partial charge >= 0.3 is 0 Å². The zero-order valence-corrected chi connectivity index (χ0v) is 8.46. The molecular weight excluding hydrogens is 182 g/mol. The largest absolute Gasteiger partial charge is 0.392 e. The van der Waals surface area contributed by atoms with E-state index in [9.17, 15) is 5.11 Å². The number of β-amino-alcohol motifs (C(OH)–C–C–N with tert-alkyl or cyclic N) is 1. The molecule has 13 heavy (non-hydrogen) atoms. The van der Waals surface area contributed by atoms with Gasteiger partial charge in [-0.2, -0.15) is 11.3 Å². The first-order valence-electron chi connectivity index (χ1n) is 4.76. The second kappa shape index (κ2) is 4.22. The van der Waals surface area contributed by atoms with Crippen molar-refractivity contribution in [3.8, 4) is 0 Å². The summed E-state index contributed by atoms with van der Waals surface area (Å²) >= 11 is 1.75. The number of hydrogen-bond acceptors (Lipinski definition) is 3. The van der Waals surface area contributed by atoms with E-state index in [0.29, 0.717) is 0 Å². The predicted octanol–water partition coefficient (Wildman–Crippen LogP) is 1.36. The second-order valence-corrected chi connectivity index (χ2v) is 4.40. The van der Waals surface area contributed by atoms with E-state index in [0.717, 1.165) is 32.5 Å². The van der Waals surface area contributed by atoms with Gasteiger partial charge in [-0.05, 0) is 35.2 Å². The third-order valence-corrected chi connectivity index (χ3v) is 3.28. The Morgan fingerprint density at radius 3 is 3.15 bits per heavy atom. The highest BCUT2D eigenvalue weighted by atomic mass is 32.1. The van der Waals surface area contributed by atoms with E-state index < -0.39 is 0 Å². The number of rotatable bonds is 3. The van der Waals surface area contributed by atoms with Gasteiger partial charge in [0.25, 0.3) is 0 Å². The maximum atomic E-state index is 9.32. The van der Waals surface area contributed by atoms with Crippen molar-refractivity contribution in [1.82, 2.24) is 4.90 Å². The molecule has 0 aromatic carbocycles. The normalized spacial score (nSPS) is 23.9. The summed E-state index contributed by atoms with van der Waals surface area (Å²) in [6.07, 6.45) is 1.99. The highest BCUT2D eigenvalue weighted by Gasteiger charge is 2.19. The Morgan fingerprint density at radius 2 is 2.54 bits per heavy atom. The van der Waals surface area contributed by atoms with Crippen LogP contribution in [0.3, 0.4) is 0 Å². The molecule has 1 aliphatic heterocycles. The van der Waals surface area contributed by atoms with Crippen LogP contribution in [-0.2, 0) is 6.42 Å². The Labute approximate surface area is 82.8 Å². The summed E-state index contributed by atoms with van der Waals surface area (Å²) in [7, 11) is 0. The summed E-state index contributed by atoms with van der Waals surface area (Å²) in [6.45, 7) is 3.02. The molecule has 72 valence electrons. The summed E-state index contributed by atoms with van der Waals surface area (Å²) in [4.78, 5) is 2.34. The molecule has 3 heteroatoms. The van der Waals surface area contributed by atoms with E-state index in [4.69, 9.17) is 0 Å². The first kappa shape index (κ1) is 9.19. The molecule has 1 aromatic heterocycles. The van der Waals surface area contributed by atoms with E-state index in [1.165, 1.54) is 5.56 Å². The Balaban J connectivity index is 1.74. The van der Waals surface area contributed by atoms with Gasteiger partial charge in [0.05, 0.1) is 6.10 Å². The molecule has 1 atom stereocenters. The van der Waals surface area contributed by atoms with Gasteiger partial charge in [0.1, 0.15) is 0 Å². The summed E-state index contributed by atoms with van der Waals surface area (Å²) in [5.41, 5.74) is 1.42. The van der Waals surface area contributed by atoms with Crippen molar-refractivity contribution in [3.05, 3.63) is 22.4 Å². The summed E-state index contributed by atoms with van der Waals surface area (Å²) in [5, 5.41) is 13.6. The molecule has 2 nitrogen and oxygen atoms in total. The topological polar surface area (TPSA) is 23.5 Å². The fraction of sp³-hybridized carbons (Fsp3) is 0.600. The molecule has 1 fully saturated rings. The number of nitrogens with zero attached hydrogens (tertiary/aromatic N) is 1. The quantitative estimate of drug-likeness (QED) is 0.791. The Kier molecular flexibility index (Phi) is 2.98. The summed E-state index contributed by atoms with van der Waals surface area (Å²) in [5.74, 6) is 0. The maximum Gasteiger partial charge on any atom is 0.0679 e. The van der Waals surface area contributed by atoms with Gasteiger partial charge in [-0.1, -0.05) is 0 Å². The van der Waals surface area contributed by atoms with Crippen LogP contribution in [0.15, 0.2) is 16.8 Å². The van der Waals surface area contributed by atoms with E-state index in [1.807, 2.05) is 0 Å². The van der Waals surface area contributed by atoms with Gasteiger partial charge in [-0.3, -0.25) is 0 Å². The van der Waals surface area contributed by atoms with Gasteiger partial charge in [0, 0.05) is 19.6 Å². The molecule has 0 amide bonds. The lowest BCUT2D eigenvalue weighted by atomic mass is 10.2. The van der Waals surface area contributed by atoms with Gasteiger partial charge < -0.3 is 10.0 Å². The Hall–Kier alpha value is -0.380. The zero-order valence-electron chi connectivity index (χ0n) is 7.65. The van der Waals surface area contributed by atoms with Gasteiger partial charge in [-0.25, -0.2) is 0 Å². The molecule has 0 saturated carbocycles. The van der Waals surface area contributed by atoms with Crippen molar-refractivity contribution in [2.45, 2.75) is 18.9 Å². The Bertz CT molecular complexity index is 247. The van der Waals surface area contributed by atoms with Crippen LogP contribution in [0.25, 0.3) is 0 Å². The molecule has 2 rings (SSSR count). The smallest absolute Gasteiger partial charge is 0.0679 e. The number of likely N-dealkylation sites (tertiary alicyclic amines) is 1. The molecule has 0 bridgehead atoms. The van der Waals surface area contributed by atoms with Crippen molar-refractivity contribution < 1.29 is 5.11 Å². The number of thiophene rings is 1. The van der Waals surface area contributed by atoms with E-state index >= 15 is 0 Å². The molecule has 0 aliphatic carbocycles. The summed E-state index contributed by atoms with van der Waals surface area (Å²) < 4.78 is 0. The van der Waals surface area contributed by atoms with Crippen molar-refractivity contribution in [1.29, 1.82) is 0 Å². The molecule has 1 saturated heterocycles. The predicted molar refractivity (Wildman–Crippen MR) is 55.1 cm³/mol. The molecule has 1 N–H and O–H groups in total. The summed E-state index contributed by atoms with van der Waals surface area (Å²) in [6, 6.07) is 2.18. The molecule has 0 unspecified atom stereocenters. The highest BCUT2D eigenvalue weighted by Crippen LogP contribution is 2.11. The van der Waals surface area contributed by atoms with Gasteiger partial charge in [0.15, 0.2) is 0 Å². The van der Waals surface area contributed by atoms with Gasteiger partial charge in [-0.15, -0.1) is 0 Å². The molecule has 2 heterocycles. The molecule has 1 aromatic rings. The second-order valence-electron chi connectivity index (χ2n) is 3.62. The van der Waals surface area contributed by atoms with Crippen molar-refractivity contribution in [3.63, 3.8) is 0 Å². The minimum Gasteiger partial charge on any atom is -0.392 e. The average Bonchev–Trinajstić information content (AvgIpc) is 2.71. The monoisotopic (exact) mass is 197 g/mol. The fourth-order valence-corrected chi connectivity index (χ4v) is 2.44. The zero-order chi connectivity index (χ0) is 9.10. The first-order chi connectivity index (χ1) is 6.34. The first-order valence-corrected chi connectivity index (χ1v) is 5.70.